The summed E-state index contributed by atoms with van der Waals surface area (Å²) in [6.45, 7) is 2.33. The molecule has 0 unspecified atom stereocenters. The van der Waals surface area contributed by atoms with Crippen molar-refractivity contribution in [1.82, 2.24) is 9.80 Å². The zero-order valence-electron chi connectivity index (χ0n) is 12.9. The van der Waals surface area contributed by atoms with Gasteiger partial charge in [0.2, 0.25) is 0 Å². The van der Waals surface area contributed by atoms with Crippen molar-refractivity contribution < 1.29 is 22.0 Å². The molecule has 0 amide bonds. The number of benzene rings is 1. The molecular formula is C15H20F5N3. The molecule has 8 heteroatoms. The molecule has 1 heterocycles. The first-order valence-electron chi connectivity index (χ1n) is 7.42. The summed E-state index contributed by atoms with van der Waals surface area (Å²) in [5, 5.41) is 0. The Morgan fingerprint density at radius 1 is 1.09 bits per heavy atom. The summed E-state index contributed by atoms with van der Waals surface area (Å²) in [5.74, 6) is -1.21. The minimum absolute atomic E-state index is 0.324. The summed E-state index contributed by atoms with van der Waals surface area (Å²) >= 11 is 0. The predicted octanol–water partition coefficient (Wildman–Crippen LogP) is 2.58. The zero-order valence-corrected chi connectivity index (χ0v) is 12.9. The van der Waals surface area contributed by atoms with Gasteiger partial charge < -0.3 is 4.90 Å². The first-order valence-corrected chi connectivity index (χ1v) is 7.42. The Labute approximate surface area is 132 Å². The Bertz CT molecular complexity index is 512. The minimum Gasteiger partial charge on any atom is -0.367 e. The van der Waals surface area contributed by atoms with Crippen molar-refractivity contribution in [2.45, 2.75) is 6.18 Å². The predicted molar refractivity (Wildman–Crippen MR) is 78.6 cm³/mol. The molecule has 0 saturated carbocycles. The minimum atomic E-state index is -4.19. The van der Waals surface area contributed by atoms with Crippen molar-refractivity contribution in [3.63, 3.8) is 0 Å². The van der Waals surface area contributed by atoms with Crippen molar-refractivity contribution in [2.75, 3.05) is 57.8 Å². The SMILES string of the molecule is CN(CCN1CCN(c2ccc(F)cc2F)CC1)CC(F)(F)F. The zero-order chi connectivity index (χ0) is 17.0. The van der Waals surface area contributed by atoms with Gasteiger partial charge in [-0.05, 0) is 19.2 Å². The summed E-state index contributed by atoms with van der Waals surface area (Å²) in [4.78, 5) is 5.11. The van der Waals surface area contributed by atoms with Crippen LogP contribution in [0.15, 0.2) is 18.2 Å². The van der Waals surface area contributed by atoms with Crippen LogP contribution in [-0.4, -0.2) is 68.8 Å². The van der Waals surface area contributed by atoms with Crippen LogP contribution < -0.4 is 4.90 Å². The van der Waals surface area contributed by atoms with Crippen LogP contribution in [0, 0.1) is 11.6 Å². The molecule has 0 radical (unpaired) electrons. The normalized spacial score (nSPS) is 17.1. The van der Waals surface area contributed by atoms with Crippen LogP contribution in [0.25, 0.3) is 0 Å². The van der Waals surface area contributed by atoms with Crippen LogP contribution in [0.4, 0.5) is 27.6 Å². The Morgan fingerprint density at radius 2 is 1.74 bits per heavy atom. The average molecular weight is 337 g/mol. The highest BCUT2D eigenvalue weighted by Gasteiger charge is 2.29. The number of likely N-dealkylation sites (N-methyl/N-ethyl adjacent to an activating group) is 1. The third-order valence-corrected chi connectivity index (χ3v) is 3.87. The summed E-state index contributed by atoms with van der Waals surface area (Å²) < 4.78 is 63.4. The van der Waals surface area contributed by atoms with Crippen LogP contribution in [0.3, 0.4) is 0 Å². The van der Waals surface area contributed by atoms with Crippen molar-refractivity contribution in [2.24, 2.45) is 0 Å². The van der Waals surface area contributed by atoms with Crippen LogP contribution in [-0.2, 0) is 0 Å². The molecule has 2 rings (SSSR count). The highest BCUT2D eigenvalue weighted by atomic mass is 19.4. The molecule has 3 nitrogen and oxygen atoms in total. The molecule has 1 aliphatic rings. The molecule has 0 spiro atoms. The molecule has 1 aliphatic heterocycles. The Hall–Kier alpha value is -1.41. The first kappa shape index (κ1) is 17.9. The number of anilines is 1. The van der Waals surface area contributed by atoms with Gasteiger partial charge in [-0.3, -0.25) is 9.80 Å². The maximum absolute atomic E-state index is 13.7. The van der Waals surface area contributed by atoms with E-state index in [4.69, 9.17) is 0 Å². The second-order valence-corrected chi connectivity index (χ2v) is 5.78. The second-order valence-electron chi connectivity index (χ2n) is 5.78. The highest BCUT2D eigenvalue weighted by molar-refractivity contribution is 5.48. The topological polar surface area (TPSA) is 9.72 Å². The monoisotopic (exact) mass is 337 g/mol. The quantitative estimate of drug-likeness (QED) is 0.765. The number of alkyl halides is 3. The van der Waals surface area contributed by atoms with E-state index in [1.54, 1.807) is 0 Å². The number of nitrogens with zero attached hydrogens (tertiary/aromatic N) is 3. The average Bonchev–Trinajstić information content (AvgIpc) is 2.44. The fourth-order valence-corrected chi connectivity index (χ4v) is 2.65. The molecule has 1 fully saturated rings. The van der Waals surface area contributed by atoms with Crippen LogP contribution in [0.2, 0.25) is 0 Å². The van der Waals surface area contributed by atoms with E-state index < -0.39 is 24.4 Å². The standard InChI is InChI=1S/C15H20F5N3/c1-21(11-15(18,19)20)4-5-22-6-8-23(9-7-22)14-3-2-12(16)10-13(14)17/h2-3,10H,4-9,11H2,1H3. The van der Waals surface area contributed by atoms with Crippen LogP contribution in [0.5, 0.6) is 0 Å². The van der Waals surface area contributed by atoms with Gasteiger partial charge in [0.05, 0.1) is 12.2 Å². The second kappa shape index (κ2) is 7.44. The number of hydrogen-bond acceptors (Lipinski definition) is 3. The van der Waals surface area contributed by atoms with Gasteiger partial charge in [-0.15, -0.1) is 0 Å². The van der Waals surface area contributed by atoms with Gasteiger partial charge in [0.1, 0.15) is 11.6 Å². The van der Waals surface area contributed by atoms with Crippen LogP contribution >= 0.6 is 0 Å². The van der Waals surface area contributed by atoms with Crippen molar-refractivity contribution in [3.05, 3.63) is 29.8 Å². The van der Waals surface area contributed by atoms with Gasteiger partial charge >= 0.3 is 6.18 Å². The molecule has 1 saturated heterocycles. The molecule has 0 bridgehead atoms. The number of piperazine rings is 1. The summed E-state index contributed by atoms with van der Waals surface area (Å²) in [6.07, 6.45) is -4.19. The molecule has 0 N–H and O–H groups in total. The molecule has 1 aromatic rings. The lowest BCUT2D eigenvalue weighted by molar-refractivity contribution is -0.143. The lowest BCUT2D eigenvalue weighted by Gasteiger charge is -2.36. The molecule has 1 aromatic carbocycles. The lowest BCUT2D eigenvalue weighted by Crippen LogP contribution is -2.49. The smallest absolute Gasteiger partial charge is 0.367 e. The molecule has 0 aromatic heterocycles. The molecule has 0 aliphatic carbocycles. The summed E-state index contributed by atoms with van der Waals surface area (Å²) in [5.41, 5.74) is 0.361. The van der Waals surface area contributed by atoms with Crippen molar-refractivity contribution >= 4 is 5.69 Å². The Morgan fingerprint density at radius 3 is 2.30 bits per heavy atom. The van der Waals surface area contributed by atoms with E-state index in [1.807, 2.05) is 9.80 Å². The van der Waals surface area contributed by atoms with E-state index >= 15 is 0 Å². The van der Waals surface area contributed by atoms with E-state index in [0.29, 0.717) is 45.0 Å². The van der Waals surface area contributed by atoms with Gasteiger partial charge in [-0.25, -0.2) is 8.78 Å². The fraction of sp³-hybridized carbons (Fsp3) is 0.600. The van der Waals surface area contributed by atoms with E-state index in [9.17, 15) is 22.0 Å². The van der Waals surface area contributed by atoms with E-state index in [2.05, 4.69) is 0 Å². The first-order chi connectivity index (χ1) is 10.7. The maximum atomic E-state index is 13.7. The van der Waals surface area contributed by atoms with E-state index in [1.165, 1.54) is 24.1 Å². The van der Waals surface area contributed by atoms with Crippen molar-refractivity contribution in [1.29, 1.82) is 0 Å². The summed E-state index contributed by atoms with van der Waals surface area (Å²) in [6, 6.07) is 3.49. The molecular weight excluding hydrogens is 317 g/mol. The molecule has 23 heavy (non-hydrogen) atoms. The third-order valence-electron chi connectivity index (χ3n) is 3.87. The van der Waals surface area contributed by atoms with Gasteiger partial charge in [0.15, 0.2) is 0 Å². The maximum Gasteiger partial charge on any atom is 0.401 e. The van der Waals surface area contributed by atoms with Crippen molar-refractivity contribution in [3.8, 4) is 0 Å². The van der Waals surface area contributed by atoms with Crippen LogP contribution in [0.1, 0.15) is 0 Å². The van der Waals surface area contributed by atoms with E-state index in [0.717, 1.165) is 6.07 Å². The largest absolute Gasteiger partial charge is 0.401 e. The van der Waals surface area contributed by atoms with Gasteiger partial charge in [0, 0.05) is 45.3 Å². The summed E-state index contributed by atoms with van der Waals surface area (Å²) in [7, 11) is 1.44. The third kappa shape index (κ3) is 5.62. The van der Waals surface area contributed by atoms with Gasteiger partial charge in [0.25, 0.3) is 0 Å². The number of halogens is 5. The van der Waals surface area contributed by atoms with Gasteiger partial charge in [-0.1, -0.05) is 0 Å². The molecule has 0 atom stereocenters. The van der Waals surface area contributed by atoms with Gasteiger partial charge in [-0.2, -0.15) is 13.2 Å². The van der Waals surface area contributed by atoms with E-state index in [-0.39, 0.29) is 0 Å². The molecule has 130 valence electrons. The number of hydrogen-bond donors (Lipinski definition) is 0. The lowest BCUT2D eigenvalue weighted by atomic mass is 10.2. The Kier molecular flexibility index (Phi) is 5.80. The fourth-order valence-electron chi connectivity index (χ4n) is 2.65. The number of rotatable bonds is 5. The Balaban J connectivity index is 1.78. The highest BCUT2D eigenvalue weighted by Crippen LogP contribution is 2.21.